The van der Waals surface area contributed by atoms with Crippen LogP contribution < -0.4 is 10.1 Å². The van der Waals surface area contributed by atoms with E-state index in [0.29, 0.717) is 53.8 Å². The molecule has 0 radical (unpaired) electrons. The molecule has 1 aromatic heterocycles. The zero-order valence-electron chi connectivity index (χ0n) is 24.0. The number of carbonyl (C=O) groups is 2. The first-order valence-electron chi connectivity index (χ1n) is 14.5. The SMILES string of the molecule is CCCC(=O)N(CCc1c[nH]c2ccccc12)[C@@H]1C=C(C(=O)NCCO)[C@@H]2c3cc(CO)cc(COC)c3O[C@@H]2[C@H]1O. The minimum Gasteiger partial charge on any atom is -0.486 e. The largest absolute Gasteiger partial charge is 0.486 e. The zero-order valence-corrected chi connectivity index (χ0v) is 24.0. The van der Waals surface area contributed by atoms with Gasteiger partial charge in [0.25, 0.3) is 0 Å². The summed E-state index contributed by atoms with van der Waals surface area (Å²) < 4.78 is 11.8. The highest BCUT2D eigenvalue weighted by Gasteiger charge is 2.51. The lowest BCUT2D eigenvalue weighted by molar-refractivity contribution is -0.137. The third-order valence-electron chi connectivity index (χ3n) is 8.13. The molecule has 10 heteroatoms. The topological polar surface area (TPSA) is 144 Å². The van der Waals surface area contributed by atoms with E-state index in [1.807, 2.05) is 37.4 Å². The maximum Gasteiger partial charge on any atom is 0.247 e. The monoisotopic (exact) mass is 577 g/mol. The Morgan fingerprint density at radius 3 is 2.71 bits per heavy atom. The standard InChI is InChI=1S/C32H39N3O7/c1-3-6-27(38)35(11-9-20-16-34-25-8-5-4-7-22(20)25)26-15-24(32(40)33-10-12-36)28-23-14-19(17-37)13-21(18-41-2)30(23)42-31(28)29(26)39/h4-5,7-8,13-16,26,28-29,31,34,36-37,39H,3,6,9-12,17-18H2,1-2H3,(H,33,40)/t26-,28+,29+,31+/m1/s1. The second-order valence-corrected chi connectivity index (χ2v) is 10.9. The molecule has 10 nitrogen and oxygen atoms in total. The number of aliphatic hydroxyl groups is 3. The van der Waals surface area contributed by atoms with Gasteiger partial charge < -0.3 is 40.0 Å². The van der Waals surface area contributed by atoms with Crippen LogP contribution in [0.15, 0.2) is 54.2 Å². The van der Waals surface area contributed by atoms with E-state index >= 15 is 0 Å². The molecule has 2 aromatic carbocycles. The first-order chi connectivity index (χ1) is 20.4. The summed E-state index contributed by atoms with van der Waals surface area (Å²) in [6.45, 7) is 2.09. The molecule has 1 aliphatic heterocycles. The number of para-hydroxylation sites is 1. The molecule has 0 bridgehead atoms. The van der Waals surface area contributed by atoms with Gasteiger partial charge in [-0.25, -0.2) is 0 Å². The van der Waals surface area contributed by atoms with Crippen molar-refractivity contribution in [3.05, 3.63) is 76.5 Å². The van der Waals surface area contributed by atoms with E-state index < -0.39 is 30.1 Å². The molecule has 4 atom stereocenters. The van der Waals surface area contributed by atoms with Gasteiger partial charge in [-0.1, -0.05) is 25.1 Å². The highest BCUT2D eigenvalue weighted by atomic mass is 16.5. The quantitative estimate of drug-likeness (QED) is 0.222. The number of methoxy groups -OCH3 is 1. The average Bonchev–Trinajstić information content (AvgIpc) is 3.59. The van der Waals surface area contributed by atoms with E-state index in [1.165, 1.54) is 0 Å². The molecule has 3 aromatic rings. The Balaban J connectivity index is 1.54. The number of H-pyrrole nitrogens is 1. The van der Waals surface area contributed by atoms with Crippen LogP contribution in [0.4, 0.5) is 0 Å². The highest BCUT2D eigenvalue weighted by Crippen LogP contribution is 2.49. The van der Waals surface area contributed by atoms with Crippen LogP contribution in [0.1, 0.15) is 47.9 Å². The molecule has 5 N–H and O–H groups in total. The van der Waals surface area contributed by atoms with Crippen LogP contribution in [0, 0.1) is 0 Å². The van der Waals surface area contributed by atoms with E-state index in [1.54, 1.807) is 30.2 Å². The van der Waals surface area contributed by atoms with Gasteiger partial charge in [0.05, 0.1) is 31.8 Å². The summed E-state index contributed by atoms with van der Waals surface area (Å²) >= 11 is 0. The first kappa shape index (κ1) is 29.8. The summed E-state index contributed by atoms with van der Waals surface area (Å²) in [6, 6.07) is 10.7. The molecule has 0 saturated carbocycles. The maximum atomic E-state index is 13.6. The number of fused-ring (bicyclic) bond motifs is 4. The molecule has 2 heterocycles. The van der Waals surface area contributed by atoms with Crippen LogP contribution in [-0.4, -0.2) is 82.1 Å². The van der Waals surface area contributed by atoms with Crippen molar-refractivity contribution in [2.45, 2.75) is 63.6 Å². The van der Waals surface area contributed by atoms with Gasteiger partial charge in [0, 0.05) is 60.4 Å². The third kappa shape index (κ3) is 5.67. The molecule has 5 rings (SSSR count). The number of ether oxygens (including phenoxy) is 2. The number of aromatic nitrogens is 1. The Bertz CT molecular complexity index is 1470. The van der Waals surface area contributed by atoms with Gasteiger partial charge in [0.2, 0.25) is 11.8 Å². The van der Waals surface area contributed by atoms with Gasteiger partial charge in [-0.15, -0.1) is 0 Å². The fraction of sp³-hybridized carbons (Fsp3) is 0.438. The summed E-state index contributed by atoms with van der Waals surface area (Å²) in [4.78, 5) is 32.0. The molecule has 2 aliphatic rings. The molecule has 0 unspecified atom stereocenters. The minimum atomic E-state index is -1.13. The third-order valence-corrected chi connectivity index (χ3v) is 8.13. The second kappa shape index (κ2) is 13.1. The number of aliphatic hydroxyl groups excluding tert-OH is 3. The Hall–Kier alpha value is -3.70. The molecule has 0 fully saturated rings. The Kier molecular flexibility index (Phi) is 9.27. The van der Waals surface area contributed by atoms with E-state index in [0.717, 1.165) is 16.5 Å². The van der Waals surface area contributed by atoms with Gasteiger partial charge in [0.1, 0.15) is 18.0 Å². The van der Waals surface area contributed by atoms with Crippen molar-refractivity contribution in [1.29, 1.82) is 0 Å². The minimum absolute atomic E-state index is 0.0547. The number of amides is 2. The highest BCUT2D eigenvalue weighted by molar-refractivity contribution is 5.96. The Labute approximate surface area is 244 Å². The van der Waals surface area contributed by atoms with E-state index in [2.05, 4.69) is 10.3 Å². The van der Waals surface area contributed by atoms with Crippen LogP contribution >= 0.6 is 0 Å². The Morgan fingerprint density at radius 1 is 1.17 bits per heavy atom. The van der Waals surface area contributed by atoms with Crippen molar-refractivity contribution >= 4 is 22.7 Å². The van der Waals surface area contributed by atoms with E-state index in [4.69, 9.17) is 9.47 Å². The summed E-state index contributed by atoms with van der Waals surface area (Å²) in [5, 5.41) is 35.0. The van der Waals surface area contributed by atoms with Crippen molar-refractivity contribution in [3.8, 4) is 5.75 Å². The number of carbonyl (C=O) groups excluding carboxylic acids is 2. The summed E-state index contributed by atoms with van der Waals surface area (Å²) in [5.74, 6) is -0.655. The Morgan fingerprint density at radius 2 is 1.98 bits per heavy atom. The number of aromatic amines is 1. The first-order valence-corrected chi connectivity index (χ1v) is 14.5. The van der Waals surface area contributed by atoms with Crippen molar-refractivity contribution in [3.63, 3.8) is 0 Å². The van der Waals surface area contributed by atoms with Crippen LogP contribution in [0.25, 0.3) is 10.9 Å². The van der Waals surface area contributed by atoms with E-state index in [-0.39, 0.29) is 32.3 Å². The smallest absolute Gasteiger partial charge is 0.247 e. The van der Waals surface area contributed by atoms with Crippen molar-refractivity contribution in [2.24, 2.45) is 0 Å². The average molecular weight is 578 g/mol. The number of benzene rings is 2. The number of rotatable bonds is 12. The molecule has 224 valence electrons. The van der Waals surface area contributed by atoms with E-state index in [9.17, 15) is 24.9 Å². The number of hydrogen-bond acceptors (Lipinski definition) is 7. The van der Waals surface area contributed by atoms with Crippen LogP contribution in [0.3, 0.4) is 0 Å². The van der Waals surface area contributed by atoms with Crippen molar-refractivity contribution in [2.75, 3.05) is 26.8 Å². The van der Waals surface area contributed by atoms with Crippen LogP contribution in [0.5, 0.6) is 5.75 Å². The maximum absolute atomic E-state index is 13.6. The molecule has 1 aliphatic carbocycles. The number of nitrogens with one attached hydrogen (secondary N) is 2. The van der Waals surface area contributed by atoms with Crippen LogP contribution in [-0.2, 0) is 34.0 Å². The fourth-order valence-electron chi connectivity index (χ4n) is 6.22. The predicted octanol–water partition coefficient (Wildman–Crippen LogP) is 2.30. The van der Waals surface area contributed by atoms with Crippen molar-refractivity contribution < 1.29 is 34.4 Å². The zero-order chi connectivity index (χ0) is 29.8. The summed E-state index contributed by atoms with van der Waals surface area (Å²) in [5.41, 5.74) is 4.42. The lowest BCUT2D eigenvalue weighted by Gasteiger charge is -2.41. The normalized spacial score (nSPS) is 20.9. The molecule has 0 saturated heterocycles. The molecule has 2 amide bonds. The number of nitrogens with zero attached hydrogens (tertiary/aromatic N) is 1. The van der Waals surface area contributed by atoms with Gasteiger partial charge in [-0.3, -0.25) is 9.59 Å². The summed E-state index contributed by atoms with van der Waals surface area (Å²) in [7, 11) is 1.56. The van der Waals surface area contributed by atoms with Crippen molar-refractivity contribution in [1.82, 2.24) is 15.2 Å². The fourth-order valence-corrected chi connectivity index (χ4v) is 6.22. The summed E-state index contributed by atoms with van der Waals surface area (Å²) in [6.07, 6.45) is 3.13. The van der Waals surface area contributed by atoms with Gasteiger partial charge in [0.15, 0.2) is 0 Å². The molecule has 42 heavy (non-hydrogen) atoms. The molecule has 0 spiro atoms. The van der Waals surface area contributed by atoms with Crippen LogP contribution in [0.2, 0.25) is 0 Å². The predicted molar refractivity (Wildman–Crippen MR) is 157 cm³/mol. The van der Waals surface area contributed by atoms with Gasteiger partial charge in [-0.2, -0.15) is 0 Å². The molecular formula is C32H39N3O7. The lowest BCUT2D eigenvalue weighted by atomic mass is 9.77. The van der Waals surface area contributed by atoms with Gasteiger partial charge >= 0.3 is 0 Å². The molecular weight excluding hydrogens is 538 g/mol. The second-order valence-electron chi connectivity index (χ2n) is 10.9. The van der Waals surface area contributed by atoms with Gasteiger partial charge in [-0.05, 0) is 48.2 Å². The lowest BCUT2D eigenvalue weighted by Crippen LogP contribution is -2.56. The number of hydrogen-bond donors (Lipinski definition) is 5.